The number of halogens is 3. The minimum absolute atomic E-state index is 0.131. The maximum absolute atomic E-state index is 12.9. The zero-order chi connectivity index (χ0) is 17.2. The molecule has 0 saturated heterocycles. The molecule has 1 aliphatic carbocycles. The SMILES string of the molecule is O=C(Cc1ncc[nH]1)NCC1(c2cccc(C(F)(F)F)c2)CCC1. The molecule has 0 radical (unpaired) electrons. The maximum Gasteiger partial charge on any atom is 0.416 e. The molecule has 1 aromatic heterocycles. The predicted molar refractivity (Wildman–Crippen MR) is 82.3 cm³/mol. The summed E-state index contributed by atoms with van der Waals surface area (Å²) in [5, 5.41) is 2.84. The average molecular weight is 337 g/mol. The van der Waals surface area contributed by atoms with E-state index in [0.29, 0.717) is 17.9 Å². The van der Waals surface area contributed by atoms with Gasteiger partial charge >= 0.3 is 6.18 Å². The van der Waals surface area contributed by atoms with Crippen molar-refractivity contribution in [3.8, 4) is 0 Å². The van der Waals surface area contributed by atoms with Gasteiger partial charge in [0.1, 0.15) is 5.82 Å². The van der Waals surface area contributed by atoms with Crippen molar-refractivity contribution in [1.82, 2.24) is 15.3 Å². The number of aromatic amines is 1. The molecule has 3 rings (SSSR count). The summed E-state index contributed by atoms with van der Waals surface area (Å²) in [7, 11) is 0. The summed E-state index contributed by atoms with van der Waals surface area (Å²) < 4.78 is 38.8. The maximum atomic E-state index is 12.9. The average Bonchev–Trinajstić information content (AvgIpc) is 2.98. The number of nitrogens with zero attached hydrogens (tertiary/aromatic N) is 1. The third kappa shape index (κ3) is 3.44. The van der Waals surface area contributed by atoms with Crippen LogP contribution in [0.5, 0.6) is 0 Å². The molecule has 1 saturated carbocycles. The fourth-order valence-electron chi connectivity index (χ4n) is 3.07. The molecule has 0 unspecified atom stereocenters. The summed E-state index contributed by atoms with van der Waals surface area (Å²) in [6, 6.07) is 5.43. The predicted octanol–water partition coefficient (Wildman–Crippen LogP) is 3.21. The monoisotopic (exact) mass is 337 g/mol. The Morgan fingerprint density at radius 3 is 2.71 bits per heavy atom. The Bertz CT molecular complexity index is 706. The molecule has 4 nitrogen and oxygen atoms in total. The molecule has 7 heteroatoms. The molecular formula is C17H18F3N3O. The third-order valence-corrected chi connectivity index (χ3v) is 4.62. The lowest BCUT2D eigenvalue weighted by atomic mass is 9.64. The van der Waals surface area contributed by atoms with Gasteiger partial charge in [-0.05, 0) is 24.5 Å². The Labute approximate surface area is 137 Å². The van der Waals surface area contributed by atoms with E-state index in [2.05, 4.69) is 15.3 Å². The van der Waals surface area contributed by atoms with Crippen LogP contribution in [0.4, 0.5) is 13.2 Å². The Morgan fingerprint density at radius 1 is 1.33 bits per heavy atom. The van der Waals surface area contributed by atoms with Crippen LogP contribution in [0, 0.1) is 0 Å². The lowest BCUT2D eigenvalue weighted by molar-refractivity contribution is -0.137. The second kappa shape index (κ2) is 6.30. The number of carbonyl (C=O) groups excluding carboxylic acids is 1. The standard InChI is InChI=1S/C17H18F3N3O/c18-17(19,20)13-4-1-3-12(9-13)16(5-2-6-16)11-23-15(24)10-14-21-7-8-22-14/h1,3-4,7-9H,2,5-6,10-11H2,(H,21,22)(H,23,24). The summed E-state index contributed by atoms with van der Waals surface area (Å²) >= 11 is 0. The minimum Gasteiger partial charge on any atom is -0.355 e. The quantitative estimate of drug-likeness (QED) is 0.880. The highest BCUT2D eigenvalue weighted by Gasteiger charge is 2.40. The molecule has 1 aliphatic rings. The number of rotatable bonds is 5. The van der Waals surface area contributed by atoms with Crippen molar-refractivity contribution in [2.45, 2.75) is 37.3 Å². The van der Waals surface area contributed by atoms with Crippen molar-refractivity contribution in [3.05, 3.63) is 53.6 Å². The Hall–Kier alpha value is -2.31. The topological polar surface area (TPSA) is 57.8 Å². The van der Waals surface area contributed by atoms with E-state index < -0.39 is 17.2 Å². The van der Waals surface area contributed by atoms with E-state index in [4.69, 9.17) is 0 Å². The molecule has 24 heavy (non-hydrogen) atoms. The number of aromatic nitrogens is 2. The van der Waals surface area contributed by atoms with Crippen LogP contribution >= 0.6 is 0 Å². The van der Waals surface area contributed by atoms with Gasteiger partial charge in [0, 0.05) is 24.4 Å². The molecule has 1 fully saturated rings. The molecule has 0 aliphatic heterocycles. The first-order chi connectivity index (χ1) is 11.4. The van der Waals surface area contributed by atoms with Gasteiger partial charge in [-0.25, -0.2) is 4.98 Å². The van der Waals surface area contributed by atoms with Gasteiger partial charge in [-0.15, -0.1) is 0 Å². The molecule has 1 aromatic carbocycles. The molecule has 0 atom stereocenters. The first-order valence-electron chi connectivity index (χ1n) is 7.82. The van der Waals surface area contributed by atoms with Crippen molar-refractivity contribution < 1.29 is 18.0 Å². The van der Waals surface area contributed by atoms with Crippen LogP contribution in [0.1, 0.15) is 36.2 Å². The van der Waals surface area contributed by atoms with Crippen LogP contribution in [-0.2, 0) is 22.8 Å². The van der Waals surface area contributed by atoms with Gasteiger partial charge < -0.3 is 10.3 Å². The van der Waals surface area contributed by atoms with Crippen molar-refractivity contribution >= 4 is 5.91 Å². The summed E-state index contributed by atoms with van der Waals surface area (Å²) in [5.74, 6) is 0.373. The fraction of sp³-hybridized carbons (Fsp3) is 0.412. The van der Waals surface area contributed by atoms with Crippen LogP contribution in [0.2, 0.25) is 0 Å². The van der Waals surface area contributed by atoms with E-state index in [1.807, 2.05) is 0 Å². The molecule has 0 bridgehead atoms. The van der Waals surface area contributed by atoms with Crippen LogP contribution < -0.4 is 5.32 Å². The number of benzene rings is 1. The van der Waals surface area contributed by atoms with E-state index >= 15 is 0 Å². The number of hydrogen-bond acceptors (Lipinski definition) is 2. The van der Waals surface area contributed by atoms with E-state index in [9.17, 15) is 18.0 Å². The highest BCUT2D eigenvalue weighted by molar-refractivity contribution is 5.77. The summed E-state index contributed by atoms with van der Waals surface area (Å²) in [6.07, 6.45) is 1.47. The normalized spacial score (nSPS) is 16.5. The number of carbonyl (C=O) groups is 1. The molecule has 2 aromatic rings. The van der Waals surface area contributed by atoms with Crippen molar-refractivity contribution in [2.24, 2.45) is 0 Å². The van der Waals surface area contributed by atoms with Gasteiger partial charge in [0.25, 0.3) is 0 Å². The largest absolute Gasteiger partial charge is 0.416 e. The Morgan fingerprint density at radius 2 is 2.12 bits per heavy atom. The summed E-state index contributed by atoms with van der Waals surface area (Å²) in [6.45, 7) is 0.341. The first kappa shape index (κ1) is 16.5. The summed E-state index contributed by atoms with van der Waals surface area (Å²) in [5.41, 5.74) is -0.407. The van der Waals surface area contributed by atoms with Gasteiger partial charge in [-0.2, -0.15) is 13.2 Å². The zero-order valence-electron chi connectivity index (χ0n) is 13.0. The Balaban J connectivity index is 1.69. The van der Waals surface area contributed by atoms with E-state index in [1.54, 1.807) is 18.5 Å². The Kier molecular flexibility index (Phi) is 4.34. The van der Waals surface area contributed by atoms with E-state index in [1.165, 1.54) is 12.1 Å². The van der Waals surface area contributed by atoms with Crippen LogP contribution in [-0.4, -0.2) is 22.4 Å². The number of hydrogen-bond donors (Lipinski definition) is 2. The summed E-state index contributed by atoms with van der Waals surface area (Å²) in [4.78, 5) is 18.8. The minimum atomic E-state index is -4.36. The highest BCUT2D eigenvalue weighted by atomic mass is 19.4. The van der Waals surface area contributed by atoms with Crippen LogP contribution in [0.3, 0.4) is 0 Å². The number of H-pyrrole nitrogens is 1. The lowest BCUT2D eigenvalue weighted by Crippen LogP contribution is -2.46. The second-order valence-electron chi connectivity index (χ2n) is 6.20. The molecular weight excluding hydrogens is 319 g/mol. The third-order valence-electron chi connectivity index (χ3n) is 4.62. The van der Waals surface area contributed by atoms with Gasteiger partial charge in [-0.3, -0.25) is 4.79 Å². The van der Waals surface area contributed by atoms with Crippen LogP contribution in [0.15, 0.2) is 36.7 Å². The smallest absolute Gasteiger partial charge is 0.355 e. The number of imidazole rings is 1. The van der Waals surface area contributed by atoms with Crippen molar-refractivity contribution in [3.63, 3.8) is 0 Å². The number of amides is 1. The van der Waals surface area contributed by atoms with E-state index in [0.717, 1.165) is 25.3 Å². The number of nitrogens with one attached hydrogen (secondary N) is 2. The first-order valence-corrected chi connectivity index (χ1v) is 7.82. The molecule has 1 amide bonds. The van der Waals surface area contributed by atoms with Gasteiger partial charge in [0.15, 0.2) is 0 Å². The van der Waals surface area contributed by atoms with Crippen LogP contribution in [0.25, 0.3) is 0 Å². The lowest BCUT2D eigenvalue weighted by Gasteiger charge is -2.43. The molecule has 0 spiro atoms. The highest BCUT2D eigenvalue weighted by Crippen LogP contribution is 2.44. The molecule has 1 heterocycles. The zero-order valence-corrected chi connectivity index (χ0v) is 13.0. The fourth-order valence-corrected chi connectivity index (χ4v) is 3.07. The van der Waals surface area contributed by atoms with Gasteiger partial charge in [0.05, 0.1) is 12.0 Å². The second-order valence-corrected chi connectivity index (χ2v) is 6.20. The molecule has 2 N–H and O–H groups in total. The van der Waals surface area contributed by atoms with E-state index in [-0.39, 0.29) is 12.3 Å². The molecule has 128 valence electrons. The van der Waals surface area contributed by atoms with Crippen molar-refractivity contribution in [1.29, 1.82) is 0 Å². The van der Waals surface area contributed by atoms with Gasteiger partial charge in [0.2, 0.25) is 5.91 Å². The van der Waals surface area contributed by atoms with Crippen molar-refractivity contribution in [2.75, 3.05) is 6.54 Å². The number of alkyl halides is 3. The van der Waals surface area contributed by atoms with Gasteiger partial charge in [-0.1, -0.05) is 24.6 Å².